The van der Waals surface area contributed by atoms with E-state index < -0.39 is 0 Å². The Labute approximate surface area is 195 Å². The summed E-state index contributed by atoms with van der Waals surface area (Å²) in [5, 5.41) is 0. The highest BCUT2D eigenvalue weighted by Gasteiger charge is 2.39. The normalized spacial score (nSPS) is 19.0. The number of methoxy groups -OCH3 is 3. The maximum Gasteiger partial charge on any atom is 0.228 e. The molecule has 0 bridgehead atoms. The van der Waals surface area contributed by atoms with Crippen molar-refractivity contribution in [3.8, 4) is 17.2 Å². The van der Waals surface area contributed by atoms with Crippen molar-refractivity contribution in [2.45, 2.75) is 25.7 Å². The van der Waals surface area contributed by atoms with Gasteiger partial charge in [0.15, 0.2) is 0 Å². The van der Waals surface area contributed by atoms with E-state index in [1.165, 1.54) is 5.56 Å². The molecule has 7 heteroatoms. The summed E-state index contributed by atoms with van der Waals surface area (Å²) < 4.78 is 16.0. The Balaban J connectivity index is 1.34. The fourth-order valence-corrected chi connectivity index (χ4v) is 4.82. The van der Waals surface area contributed by atoms with Gasteiger partial charge in [-0.1, -0.05) is 12.1 Å². The van der Waals surface area contributed by atoms with Gasteiger partial charge in [-0.25, -0.2) is 0 Å². The minimum Gasteiger partial charge on any atom is -0.497 e. The van der Waals surface area contributed by atoms with Gasteiger partial charge in [-0.2, -0.15) is 0 Å². The van der Waals surface area contributed by atoms with E-state index in [0.29, 0.717) is 29.6 Å². The summed E-state index contributed by atoms with van der Waals surface area (Å²) in [7, 11) is 4.83. The van der Waals surface area contributed by atoms with Crippen molar-refractivity contribution in [2.24, 2.45) is 11.8 Å². The Morgan fingerprint density at radius 1 is 0.939 bits per heavy atom. The number of anilines is 1. The molecule has 1 atom stereocenters. The molecular formula is C26H32N2O5. The fourth-order valence-electron chi connectivity index (χ4n) is 4.82. The number of carbonyl (C=O) groups excluding carboxylic acids is 2. The molecule has 0 N–H and O–H groups in total. The van der Waals surface area contributed by atoms with E-state index in [1.807, 2.05) is 17.0 Å². The second-order valence-electron chi connectivity index (χ2n) is 8.76. The molecule has 0 radical (unpaired) electrons. The fraction of sp³-hybridized carbons (Fsp3) is 0.462. The lowest BCUT2D eigenvalue weighted by molar-refractivity contribution is -0.137. The molecule has 0 aromatic heterocycles. The van der Waals surface area contributed by atoms with Crippen LogP contribution in [-0.2, 0) is 16.0 Å². The third kappa shape index (κ3) is 5.07. The number of amides is 2. The van der Waals surface area contributed by atoms with Crippen LogP contribution in [-0.4, -0.2) is 57.7 Å². The van der Waals surface area contributed by atoms with Crippen molar-refractivity contribution in [1.29, 1.82) is 0 Å². The van der Waals surface area contributed by atoms with Gasteiger partial charge in [-0.3, -0.25) is 9.59 Å². The van der Waals surface area contributed by atoms with Gasteiger partial charge in [0.1, 0.15) is 17.2 Å². The van der Waals surface area contributed by atoms with Crippen LogP contribution in [0.25, 0.3) is 0 Å². The monoisotopic (exact) mass is 452 g/mol. The maximum absolute atomic E-state index is 13.2. The molecule has 0 saturated carbocycles. The van der Waals surface area contributed by atoms with Crippen molar-refractivity contribution >= 4 is 17.5 Å². The molecule has 0 aliphatic carbocycles. The Morgan fingerprint density at radius 3 is 2.24 bits per heavy atom. The lowest BCUT2D eigenvalue weighted by Crippen LogP contribution is -2.42. The van der Waals surface area contributed by atoms with E-state index in [1.54, 1.807) is 44.4 Å². The van der Waals surface area contributed by atoms with Gasteiger partial charge in [-0.15, -0.1) is 0 Å². The number of benzene rings is 2. The smallest absolute Gasteiger partial charge is 0.228 e. The molecule has 2 heterocycles. The number of piperidine rings is 1. The highest BCUT2D eigenvalue weighted by atomic mass is 16.5. The number of nitrogens with zero attached hydrogens (tertiary/aromatic N) is 2. The third-order valence-corrected chi connectivity index (χ3v) is 6.76. The third-order valence-electron chi connectivity index (χ3n) is 6.76. The SMILES string of the molecule is COc1ccc(CC2CCN(C(=O)C3CC(=O)N(c4cc(OC)ccc4OC)C3)CC2)cc1. The Morgan fingerprint density at radius 2 is 1.61 bits per heavy atom. The number of ether oxygens (including phenoxy) is 3. The van der Waals surface area contributed by atoms with Gasteiger partial charge in [0.25, 0.3) is 0 Å². The molecule has 2 amide bonds. The lowest BCUT2D eigenvalue weighted by Gasteiger charge is -2.33. The zero-order chi connectivity index (χ0) is 23.4. The molecule has 7 nitrogen and oxygen atoms in total. The molecule has 33 heavy (non-hydrogen) atoms. The van der Waals surface area contributed by atoms with Crippen LogP contribution in [0.15, 0.2) is 42.5 Å². The van der Waals surface area contributed by atoms with Crippen LogP contribution >= 0.6 is 0 Å². The van der Waals surface area contributed by atoms with E-state index in [0.717, 1.165) is 38.1 Å². The second-order valence-corrected chi connectivity index (χ2v) is 8.76. The summed E-state index contributed by atoms with van der Waals surface area (Å²) in [6.45, 7) is 1.85. The number of likely N-dealkylation sites (tertiary alicyclic amines) is 1. The van der Waals surface area contributed by atoms with Gasteiger partial charge in [0.2, 0.25) is 11.8 Å². The van der Waals surface area contributed by atoms with Crippen molar-refractivity contribution in [3.63, 3.8) is 0 Å². The van der Waals surface area contributed by atoms with E-state index in [2.05, 4.69) is 12.1 Å². The Kier molecular flexibility index (Phi) is 7.06. The molecular weight excluding hydrogens is 420 g/mol. The molecule has 2 aliphatic rings. The van der Waals surface area contributed by atoms with Gasteiger partial charge < -0.3 is 24.0 Å². The Bertz CT molecular complexity index is 983. The lowest BCUT2D eigenvalue weighted by atomic mass is 9.89. The number of rotatable bonds is 7. The summed E-state index contributed by atoms with van der Waals surface area (Å²) in [6, 6.07) is 13.6. The van der Waals surface area contributed by atoms with Crippen LogP contribution in [0.4, 0.5) is 5.69 Å². The highest BCUT2D eigenvalue weighted by molar-refractivity contribution is 6.01. The van der Waals surface area contributed by atoms with Gasteiger partial charge in [0.05, 0.1) is 32.9 Å². The summed E-state index contributed by atoms with van der Waals surface area (Å²) in [4.78, 5) is 29.6. The molecule has 2 saturated heterocycles. The van der Waals surface area contributed by atoms with E-state index in [9.17, 15) is 9.59 Å². The molecule has 2 aromatic carbocycles. The number of carbonyl (C=O) groups is 2. The van der Waals surface area contributed by atoms with Crippen molar-refractivity contribution in [2.75, 3.05) is 45.9 Å². The average molecular weight is 453 g/mol. The molecule has 2 aromatic rings. The topological polar surface area (TPSA) is 68.3 Å². The molecule has 2 fully saturated rings. The largest absolute Gasteiger partial charge is 0.497 e. The Hall–Kier alpha value is -3.22. The van der Waals surface area contributed by atoms with Crippen LogP contribution in [0, 0.1) is 11.8 Å². The summed E-state index contributed by atoms with van der Waals surface area (Å²) in [5.74, 6) is 2.36. The van der Waals surface area contributed by atoms with Crippen LogP contribution in [0.5, 0.6) is 17.2 Å². The first-order valence-corrected chi connectivity index (χ1v) is 11.5. The zero-order valence-corrected chi connectivity index (χ0v) is 19.6. The van der Waals surface area contributed by atoms with Crippen LogP contribution < -0.4 is 19.1 Å². The summed E-state index contributed by atoms with van der Waals surface area (Å²) in [6.07, 6.45) is 3.19. The first kappa shape index (κ1) is 23.0. The molecule has 0 spiro atoms. The van der Waals surface area contributed by atoms with Gasteiger partial charge in [0, 0.05) is 32.1 Å². The molecule has 4 rings (SSSR count). The standard InChI is InChI=1S/C26H32N2O5/c1-31-21-6-4-18(5-7-21)14-19-10-12-27(13-11-19)26(30)20-15-25(29)28(17-20)23-16-22(32-2)8-9-24(23)33-3/h4-9,16,19-20H,10-15,17H2,1-3H3. The minimum atomic E-state index is -0.327. The quantitative estimate of drug-likeness (QED) is 0.643. The summed E-state index contributed by atoms with van der Waals surface area (Å²) in [5.41, 5.74) is 1.94. The number of hydrogen-bond donors (Lipinski definition) is 0. The number of hydrogen-bond acceptors (Lipinski definition) is 5. The van der Waals surface area contributed by atoms with Gasteiger partial charge >= 0.3 is 0 Å². The van der Waals surface area contributed by atoms with Crippen molar-refractivity contribution in [1.82, 2.24) is 4.90 Å². The van der Waals surface area contributed by atoms with Crippen LogP contribution in [0.2, 0.25) is 0 Å². The van der Waals surface area contributed by atoms with E-state index >= 15 is 0 Å². The van der Waals surface area contributed by atoms with Crippen LogP contribution in [0.3, 0.4) is 0 Å². The van der Waals surface area contributed by atoms with Gasteiger partial charge in [-0.05, 0) is 55.0 Å². The molecule has 1 unspecified atom stereocenters. The van der Waals surface area contributed by atoms with Crippen molar-refractivity contribution < 1.29 is 23.8 Å². The second kappa shape index (κ2) is 10.1. The first-order chi connectivity index (χ1) is 16.0. The predicted molar refractivity (Wildman–Crippen MR) is 126 cm³/mol. The first-order valence-electron chi connectivity index (χ1n) is 11.5. The predicted octanol–water partition coefficient (Wildman–Crippen LogP) is 3.55. The minimum absolute atomic E-state index is 0.0608. The highest BCUT2D eigenvalue weighted by Crippen LogP contribution is 2.36. The van der Waals surface area contributed by atoms with Crippen molar-refractivity contribution in [3.05, 3.63) is 48.0 Å². The molecule has 2 aliphatic heterocycles. The maximum atomic E-state index is 13.2. The summed E-state index contributed by atoms with van der Waals surface area (Å²) >= 11 is 0. The van der Waals surface area contributed by atoms with E-state index in [4.69, 9.17) is 14.2 Å². The zero-order valence-electron chi connectivity index (χ0n) is 19.6. The van der Waals surface area contributed by atoms with E-state index in [-0.39, 0.29) is 24.2 Å². The average Bonchev–Trinajstić information content (AvgIpc) is 3.25. The molecule has 176 valence electrons. The van der Waals surface area contributed by atoms with Crippen LogP contribution in [0.1, 0.15) is 24.8 Å².